The Balaban J connectivity index is 2.08. The summed E-state index contributed by atoms with van der Waals surface area (Å²) in [5, 5.41) is 12.0. The summed E-state index contributed by atoms with van der Waals surface area (Å²) in [4.78, 5) is 24.4. The molecule has 0 saturated heterocycles. The molecule has 4 nitrogen and oxygen atoms in total. The molecule has 5 heteroatoms. The Morgan fingerprint density at radius 1 is 1.17 bits per heavy atom. The molecular weight excluding hydrogens is 312 g/mol. The Morgan fingerprint density at radius 2 is 1.83 bits per heavy atom. The molecule has 0 spiro atoms. The number of halogens is 1. The molecule has 116 valence electrons. The summed E-state index contributed by atoms with van der Waals surface area (Å²) in [5.41, 5.74) is 2.23. The van der Waals surface area contributed by atoms with Crippen molar-refractivity contribution in [2.45, 2.75) is 13.3 Å². The monoisotopic (exact) mass is 326 g/mol. The van der Waals surface area contributed by atoms with Crippen molar-refractivity contribution in [1.29, 1.82) is 5.26 Å². The maximum atomic E-state index is 12.2. The normalized spacial score (nSPS) is 11.3. The number of nitrogens with one attached hydrogen (secondary N) is 1. The largest absolute Gasteiger partial charge is 0.323 e. The lowest BCUT2D eigenvalue weighted by Gasteiger charge is -2.11. The van der Waals surface area contributed by atoms with Crippen LogP contribution in [0.4, 0.5) is 5.69 Å². The average molecular weight is 327 g/mol. The van der Waals surface area contributed by atoms with Gasteiger partial charge < -0.3 is 5.32 Å². The van der Waals surface area contributed by atoms with Crippen LogP contribution in [0.15, 0.2) is 48.5 Å². The van der Waals surface area contributed by atoms with Crippen molar-refractivity contribution >= 4 is 29.0 Å². The molecule has 1 amide bonds. The number of rotatable bonds is 5. The van der Waals surface area contributed by atoms with Crippen molar-refractivity contribution in [3.8, 4) is 6.07 Å². The van der Waals surface area contributed by atoms with Gasteiger partial charge in [0.1, 0.15) is 0 Å². The first kappa shape index (κ1) is 16.7. The van der Waals surface area contributed by atoms with Crippen LogP contribution in [0.2, 0.25) is 5.02 Å². The minimum Gasteiger partial charge on any atom is -0.323 e. The van der Waals surface area contributed by atoms with Gasteiger partial charge in [0.25, 0.3) is 0 Å². The third-order valence-electron chi connectivity index (χ3n) is 3.34. The van der Waals surface area contributed by atoms with Crippen molar-refractivity contribution in [3.63, 3.8) is 0 Å². The summed E-state index contributed by atoms with van der Waals surface area (Å²) in [6.45, 7) is 1.95. The van der Waals surface area contributed by atoms with Crippen molar-refractivity contribution in [1.82, 2.24) is 0 Å². The standard InChI is InChI=1S/C18H15ClN2O2/c1-12-6-8-13(9-7-12)10-17(22)14(11-20)18(23)21-16-5-3-2-4-15(16)19/h2-9,14H,10H2,1H3,(H,21,23). The molecular formula is C18H15ClN2O2. The Labute approximate surface area is 139 Å². The van der Waals surface area contributed by atoms with Gasteiger partial charge in [0, 0.05) is 6.42 Å². The van der Waals surface area contributed by atoms with E-state index in [2.05, 4.69) is 5.32 Å². The van der Waals surface area contributed by atoms with Gasteiger partial charge in [-0.2, -0.15) is 5.26 Å². The second-order valence-corrected chi connectivity index (χ2v) is 5.57. The average Bonchev–Trinajstić information content (AvgIpc) is 2.52. The fourth-order valence-electron chi connectivity index (χ4n) is 2.05. The summed E-state index contributed by atoms with van der Waals surface area (Å²) in [5.74, 6) is -2.48. The van der Waals surface area contributed by atoms with E-state index in [0.29, 0.717) is 10.7 Å². The number of anilines is 1. The van der Waals surface area contributed by atoms with Crippen LogP contribution in [-0.2, 0) is 16.0 Å². The summed E-state index contributed by atoms with van der Waals surface area (Å²) in [6.07, 6.45) is 0.0362. The van der Waals surface area contributed by atoms with Gasteiger partial charge in [-0.15, -0.1) is 0 Å². The van der Waals surface area contributed by atoms with E-state index in [1.54, 1.807) is 30.3 Å². The maximum Gasteiger partial charge on any atom is 0.249 e. The summed E-state index contributed by atoms with van der Waals surface area (Å²) in [6, 6.07) is 15.8. The summed E-state index contributed by atoms with van der Waals surface area (Å²) in [7, 11) is 0. The lowest BCUT2D eigenvalue weighted by atomic mass is 9.97. The predicted octanol–water partition coefficient (Wildman–Crippen LogP) is 3.54. The van der Waals surface area contributed by atoms with Crippen LogP contribution < -0.4 is 5.32 Å². The molecule has 0 saturated carbocycles. The van der Waals surface area contributed by atoms with E-state index in [4.69, 9.17) is 11.6 Å². The highest BCUT2D eigenvalue weighted by molar-refractivity contribution is 6.33. The van der Waals surface area contributed by atoms with E-state index >= 15 is 0 Å². The molecule has 0 aliphatic carbocycles. The van der Waals surface area contributed by atoms with Crippen LogP contribution >= 0.6 is 11.6 Å². The number of ketones is 1. The number of carbonyl (C=O) groups is 2. The zero-order chi connectivity index (χ0) is 16.8. The second kappa shape index (κ2) is 7.57. The van der Waals surface area contributed by atoms with E-state index in [0.717, 1.165) is 11.1 Å². The zero-order valence-electron chi connectivity index (χ0n) is 12.5. The maximum absolute atomic E-state index is 12.2. The first-order valence-electron chi connectivity index (χ1n) is 7.04. The number of amides is 1. The van der Waals surface area contributed by atoms with E-state index in [9.17, 15) is 14.9 Å². The molecule has 0 fully saturated rings. The third-order valence-corrected chi connectivity index (χ3v) is 3.67. The third kappa shape index (κ3) is 4.41. The molecule has 23 heavy (non-hydrogen) atoms. The summed E-state index contributed by atoms with van der Waals surface area (Å²) >= 11 is 5.96. The van der Waals surface area contributed by atoms with Crippen molar-refractivity contribution in [2.24, 2.45) is 5.92 Å². The smallest absolute Gasteiger partial charge is 0.249 e. The van der Waals surface area contributed by atoms with Crippen LogP contribution in [0.1, 0.15) is 11.1 Å². The number of hydrogen-bond donors (Lipinski definition) is 1. The van der Waals surface area contributed by atoms with Gasteiger partial charge in [-0.1, -0.05) is 53.6 Å². The van der Waals surface area contributed by atoms with E-state index < -0.39 is 17.6 Å². The van der Waals surface area contributed by atoms with Crippen LogP contribution in [0, 0.1) is 24.2 Å². The first-order chi connectivity index (χ1) is 11.0. The van der Waals surface area contributed by atoms with Crippen LogP contribution in [-0.4, -0.2) is 11.7 Å². The second-order valence-electron chi connectivity index (χ2n) is 5.16. The number of para-hydroxylation sites is 1. The number of nitriles is 1. The number of hydrogen-bond acceptors (Lipinski definition) is 3. The van der Waals surface area contributed by atoms with Crippen LogP contribution in [0.5, 0.6) is 0 Å². The van der Waals surface area contributed by atoms with Gasteiger partial charge in [-0.25, -0.2) is 0 Å². The quantitative estimate of drug-likeness (QED) is 0.854. The molecule has 1 N–H and O–H groups in total. The molecule has 2 aromatic rings. The SMILES string of the molecule is Cc1ccc(CC(=O)C(C#N)C(=O)Nc2ccccc2Cl)cc1. The fourth-order valence-corrected chi connectivity index (χ4v) is 2.24. The minimum absolute atomic E-state index is 0.0362. The Bertz CT molecular complexity index is 763. The molecule has 0 aliphatic rings. The predicted molar refractivity (Wildman–Crippen MR) is 89.1 cm³/mol. The molecule has 0 aliphatic heterocycles. The van der Waals surface area contributed by atoms with Crippen molar-refractivity contribution < 1.29 is 9.59 Å². The molecule has 2 aromatic carbocycles. The lowest BCUT2D eigenvalue weighted by molar-refractivity contribution is -0.128. The van der Waals surface area contributed by atoms with Gasteiger partial charge >= 0.3 is 0 Å². The van der Waals surface area contributed by atoms with Crippen molar-refractivity contribution in [3.05, 3.63) is 64.7 Å². The number of carbonyl (C=O) groups excluding carboxylic acids is 2. The molecule has 0 bridgehead atoms. The number of benzene rings is 2. The van der Waals surface area contributed by atoms with E-state index in [1.807, 2.05) is 31.2 Å². The Hall–Kier alpha value is -2.64. The molecule has 0 radical (unpaired) electrons. The van der Waals surface area contributed by atoms with Gasteiger partial charge in [-0.3, -0.25) is 9.59 Å². The van der Waals surface area contributed by atoms with Gasteiger partial charge in [0.05, 0.1) is 16.8 Å². The molecule has 0 heterocycles. The minimum atomic E-state index is -1.37. The van der Waals surface area contributed by atoms with E-state index in [-0.39, 0.29) is 6.42 Å². The van der Waals surface area contributed by atoms with Crippen molar-refractivity contribution in [2.75, 3.05) is 5.32 Å². The first-order valence-corrected chi connectivity index (χ1v) is 7.42. The number of Topliss-reactive ketones (excluding diaryl/α,β-unsaturated/α-hetero) is 1. The van der Waals surface area contributed by atoms with Gasteiger partial charge in [0.2, 0.25) is 5.91 Å². The van der Waals surface area contributed by atoms with Gasteiger partial charge in [-0.05, 0) is 24.6 Å². The zero-order valence-corrected chi connectivity index (χ0v) is 13.3. The molecule has 2 rings (SSSR count). The molecule has 1 atom stereocenters. The fraction of sp³-hybridized carbons (Fsp3) is 0.167. The Kier molecular flexibility index (Phi) is 5.51. The highest BCUT2D eigenvalue weighted by Crippen LogP contribution is 2.21. The highest BCUT2D eigenvalue weighted by Gasteiger charge is 2.26. The van der Waals surface area contributed by atoms with Gasteiger partial charge in [0.15, 0.2) is 11.7 Å². The number of aryl methyl sites for hydroxylation is 1. The topological polar surface area (TPSA) is 70.0 Å². The highest BCUT2D eigenvalue weighted by atomic mass is 35.5. The van der Waals surface area contributed by atoms with Crippen LogP contribution in [0.25, 0.3) is 0 Å². The van der Waals surface area contributed by atoms with Crippen LogP contribution in [0.3, 0.4) is 0 Å². The molecule has 0 aromatic heterocycles. The summed E-state index contributed by atoms with van der Waals surface area (Å²) < 4.78 is 0. The lowest BCUT2D eigenvalue weighted by Crippen LogP contribution is -2.29. The molecule has 1 unspecified atom stereocenters. The van der Waals surface area contributed by atoms with E-state index in [1.165, 1.54) is 0 Å². The Morgan fingerprint density at radius 3 is 2.43 bits per heavy atom. The number of nitrogens with zero attached hydrogens (tertiary/aromatic N) is 1.